The van der Waals surface area contributed by atoms with Crippen LogP contribution in [0.1, 0.15) is 22.4 Å². The van der Waals surface area contributed by atoms with Gasteiger partial charge in [0.25, 0.3) is 5.56 Å². The maximum absolute atomic E-state index is 13.1. The number of nitrogens with zero attached hydrogens (tertiary/aromatic N) is 4. The fourth-order valence-corrected chi connectivity index (χ4v) is 4.41. The van der Waals surface area contributed by atoms with Crippen molar-refractivity contribution in [2.75, 3.05) is 0 Å². The molecule has 4 aromatic rings. The van der Waals surface area contributed by atoms with Gasteiger partial charge in [-0.1, -0.05) is 17.3 Å². The van der Waals surface area contributed by atoms with E-state index in [0.717, 1.165) is 42.8 Å². The van der Waals surface area contributed by atoms with Crippen molar-refractivity contribution in [1.29, 1.82) is 0 Å². The Morgan fingerprint density at radius 2 is 1.92 bits per heavy atom. The van der Waals surface area contributed by atoms with E-state index < -0.39 is 0 Å². The van der Waals surface area contributed by atoms with Crippen molar-refractivity contribution < 1.29 is 0 Å². The first-order valence-corrected chi connectivity index (χ1v) is 9.42. The molecule has 0 atom stereocenters. The zero-order valence-corrected chi connectivity index (χ0v) is 16.6. The van der Waals surface area contributed by atoms with Gasteiger partial charge >= 0.3 is 0 Å². The molecular weight excluding hydrogens is 400 g/mol. The summed E-state index contributed by atoms with van der Waals surface area (Å²) in [5.41, 5.74) is 5.22. The lowest BCUT2D eigenvalue weighted by Crippen LogP contribution is -2.22. The van der Waals surface area contributed by atoms with Crippen molar-refractivity contribution in [2.45, 2.75) is 27.7 Å². The van der Waals surface area contributed by atoms with E-state index in [1.165, 1.54) is 16.0 Å². The number of aromatic nitrogens is 4. The van der Waals surface area contributed by atoms with E-state index in [2.05, 4.69) is 31.2 Å². The minimum Gasteiger partial charge on any atom is -0.266 e. The fourth-order valence-electron chi connectivity index (χ4n) is 2.98. The quantitative estimate of drug-likeness (QED) is 0.463. The first kappa shape index (κ1) is 16.4. The van der Waals surface area contributed by atoms with Crippen LogP contribution in [0.4, 0.5) is 0 Å². The zero-order chi connectivity index (χ0) is 17.9. The summed E-state index contributed by atoms with van der Waals surface area (Å²) in [4.78, 5) is 18.5. The Balaban J connectivity index is 2.10. The second-order valence-corrected chi connectivity index (χ2v) is 7.98. The minimum absolute atomic E-state index is 0.158. The molecule has 126 valence electrons. The number of hydrogen-bond donors (Lipinski definition) is 0. The Bertz CT molecular complexity index is 1230. The molecular formula is C18H15BrN4OS. The van der Waals surface area contributed by atoms with Gasteiger partial charge in [0.2, 0.25) is 0 Å². The van der Waals surface area contributed by atoms with E-state index in [1.54, 1.807) is 0 Å². The molecule has 5 nitrogen and oxygen atoms in total. The van der Waals surface area contributed by atoms with Gasteiger partial charge in [0.15, 0.2) is 0 Å². The molecule has 3 aromatic heterocycles. The standard InChI is InChI=1S/C18H15BrN4OS/c1-8-5-6-9(2)12(7-8)23-18(24)16-15(21-22-23)13-10(3)14(19)11(4)20-17(13)25-16/h5-7H,1-4H3. The molecule has 25 heavy (non-hydrogen) atoms. The molecule has 0 amide bonds. The molecule has 0 radical (unpaired) electrons. The number of rotatable bonds is 1. The number of halogens is 1. The van der Waals surface area contributed by atoms with Gasteiger partial charge in [-0.15, -0.1) is 16.4 Å². The van der Waals surface area contributed by atoms with Crippen LogP contribution in [-0.2, 0) is 0 Å². The predicted octanol–water partition coefficient (Wildman–Crippen LogP) is 4.39. The topological polar surface area (TPSA) is 60.7 Å². The van der Waals surface area contributed by atoms with Crippen LogP contribution in [0, 0.1) is 27.7 Å². The molecule has 0 aliphatic rings. The average molecular weight is 415 g/mol. The SMILES string of the molecule is Cc1ccc(C)c(-n2nnc3c(sc4nc(C)c(Br)c(C)c43)c2=O)c1. The number of pyridine rings is 1. The largest absolute Gasteiger partial charge is 0.292 e. The maximum Gasteiger partial charge on any atom is 0.292 e. The summed E-state index contributed by atoms with van der Waals surface area (Å²) < 4.78 is 2.91. The van der Waals surface area contributed by atoms with Crippen molar-refractivity contribution in [3.05, 3.63) is 55.4 Å². The minimum atomic E-state index is -0.158. The van der Waals surface area contributed by atoms with Crippen LogP contribution >= 0.6 is 27.3 Å². The Hall–Kier alpha value is -2.12. The molecule has 0 aliphatic heterocycles. The second-order valence-electron chi connectivity index (χ2n) is 6.19. The van der Waals surface area contributed by atoms with Gasteiger partial charge in [-0.3, -0.25) is 4.79 Å². The summed E-state index contributed by atoms with van der Waals surface area (Å²) in [6, 6.07) is 5.96. The van der Waals surface area contributed by atoms with E-state index in [1.807, 2.05) is 45.9 Å². The van der Waals surface area contributed by atoms with E-state index in [4.69, 9.17) is 0 Å². The first-order chi connectivity index (χ1) is 11.9. The Morgan fingerprint density at radius 1 is 1.16 bits per heavy atom. The number of hydrogen-bond acceptors (Lipinski definition) is 5. The van der Waals surface area contributed by atoms with Crippen LogP contribution in [-0.4, -0.2) is 20.0 Å². The van der Waals surface area contributed by atoms with Crippen molar-refractivity contribution >= 4 is 47.7 Å². The summed E-state index contributed by atoms with van der Waals surface area (Å²) in [7, 11) is 0. The normalized spacial score (nSPS) is 11.6. The first-order valence-electron chi connectivity index (χ1n) is 7.81. The number of thiophene rings is 1. The summed E-state index contributed by atoms with van der Waals surface area (Å²) in [6.45, 7) is 7.91. The van der Waals surface area contributed by atoms with Gasteiger partial charge < -0.3 is 0 Å². The van der Waals surface area contributed by atoms with Crippen LogP contribution in [0.15, 0.2) is 27.5 Å². The molecule has 1 aromatic carbocycles. The summed E-state index contributed by atoms with van der Waals surface area (Å²) in [6.07, 6.45) is 0. The number of benzene rings is 1. The van der Waals surface area contributed by atoms with Gasteiger partial charge in [0.1, 0.15) is 15.0 Å². The molecule has 0 fully saturated rings. The van der Waals surface area contributed by atoms with Crippen molar-refractivity contribution in [2.24, 2.45) is 0 Å². The lowest BCUT2D eigenvalue weighted by molar-refractivity contribution is 0.736. The van der Waals surface area contributed by atoms with E-state index in [0.29, 0.717) is 10.2 Å². The third-order valence-corrected chi connectivity index (χ3v) is 6.60. The van der Waals surface area contributed by atoms with Crippen LogP contribution in [0.25, 0.3) is 26.1 Å². The summed E-state index contributed by atoms with van der Waals surface area (Å²) in [5, 5.41) is 9.48. The molecule has 0 unspecified atom stereocenters. The lowest BCUT2D eigenvalue weighted by Gasteiger charge is -2.08. The van der Waals surface area contributed by atoms with Gasteiger partial charge in [-0.05, 0) is 66.4 Å². The van der Waals surface area contributed by atoms with Gasteiger partial charge in [0, 0.05) is 9.86 Å². The van der Waals surface area contributed by atoms with Gasteiger partial charge in [0.05, 0.1) is 11.4 Å². The van der Waals surface area contributed by atoms with Gasteiger partial charge in [-0.25, -0.2) is 4.98 Å². The second kappa shape index (κ2) is 5.71. The fraction of sp³-hybridized carbons (Fsp3) is 0.222. The Morgan fingerprint density at radius 3 is 2.68 bits per heavy atom. The smallest absolute Gasteiger partial charge is 0.266 e. The maximum atomic E-state index is 13.1. The van der Waals surface area contributed by atoms with Crippen LogP contribution in [0.5, 0.6) is 0 Å². The highest BCUT2D eigenvalue weighted by atomic mass is 79.9. The Labute approximate surface area is 156 Å². The monoisotopic (exact) mass is 414 g/mol. The molecule has 0 saturated heterocycles. The highest BCUT2D eigenvalue weighted by Crippen LogP contribution is 2.35. The lowest BCUT2D eigenvalue weighted by atomic mass is 10.1. The molecule has 7 heteroatoms. The average Bonchev–Trinajstić information content (AvgIpc) is 2.95. The number of aryl methyl sites for hydroxylation is 4. The third kappa shape index (κ3) is 2.41. The predicted molar refractivity (Wildman–Crippen MR) is 105 cm³/mol. The summed E-state index contributed by atoms with van der Waals surface area (Å²) in [5.74, 6) is 0. The molecule has 0 aliphatic carbocycles. The van der Waals surface area contributed by atoms with Crippen molar-refractivity contribution in [1.82, 2.24) is 20.0 Å². The van der Waals surface area contributed by atoms with E-state index in [-0.39, 0.29) is 5.56 Å². The van der Waals surface area contributed by atoms with Crippen molar-refractivity contribution in [3.8, 4) is 5.69 Å². The zero-order valence-electron chi connectivity index (χ0n) is 14.2. The summed E-state index contributed by atoms with van der Waals surface area (Å²) >= 11 is 4.94. The highest BCUT2D eigenvalue weighted by Gasteiger charge is 2.19. The van der Waals surface area contributed by atoms with Crippen LogP contribution in [0.3, 0.4) is 0 Å². The van der Waals surface area contributed by atoms with Gasteiger partial charge in [-0.2, -0.15) is 4.68 Å². The van der Waals surface area contributed by atoms with Crippen molar-refractivity contribution in [3.63, 3.8) is 0 Å². The molecule has 4 rings (SSSR count). The van der Waals surface area contributed by atoms with E-state index >= 15 is 0 Å². The molecule has 3 heterocycles. The van der Waals surface area contributed by atoms with E-state index in [9.17, 15) is 4.79 Å². The van der Waals surface area contributed by atoms with Crippen LogP contribution < -0.4 is 5.56 Å². The third-order valence-electron chi connectivity index (χ3n) is 4.37. The molecule has 0 saturated carbocycles. The Kier molecular flexibility index (Phi) is 3.73. The molecule has 0 bridgehead atoms. The molecule has 0 spiro atoms. The van der Waals surface area contributed by atoms with Crippen LogP contribution in [0.2, 0.25) is 0 Å². The number of fused-ring (bicyclic) bond motifs is 3. The highest BCUT2D eigenvalue weighted by molar-refractivity contribution is 9.10. The molecule has 0 N–H and O–H groups in total.